The summed E-state index contributed by atoms with van der Waals surface area (Å²) in [6, 6.07) is 21.0. The molecule has 2 aromatic carbocycles. The Morgan fingerprint density at radius 2 is 1.67 bits per heavy atom. The molecular formula is C21H22N2O. The van der Waals surface area contributed by atoms with Crippen molar-refractivity contribution in [2.75, 3.05) is 13.1 Å². The van der Waals surface area contributed by atoms with E-state index in [2.05, 4.69) is 40.5 Å². The SMILES string of the molecule is c1ccc(Oc2ccc(-c3ccn(C4CCCNC4)c3)cc2)cc1. The average molecular weight is 318 g/mol. The summed E-state index contributed by atoms with van der Waals surface area (Å²) in [5.74, 6) is 1.72. The molecule has 2 heterocycles. The lowest BCUT2D eigenvalue weighted by Gasteiger charge is -2.24. The minimum atomic E-state index is 0.577. The fourth-order valence-corrected chi connectivity index (χ4v) is 3.24. The second-order valence-corrected chi connectivity index (χ2v) is 6.29. The van der Waals surface area contributed by atoms with Gasteiger partial charge in [0.1, 0.15) is 11.5 Å². The van der Waals surface area contributed by atoms with Crippen LogP contribution >= 0.6 is 0 Å². The van der Waals surface area contributed by atoms with Crippen LogP contribution in [0.2, 0.25) is 0 Å². The highest BCUT2D eigenvalue weighted by Gasteiger charge is 2.14. The van der Waals surface area contributed by atoms with E-state index < -0.39 is 0 Å². The highest BCUT2D eigenvalue weighted by atomic mass is 16.5. The zero-order valence-electron chi connectivity index (χ0n) is 13.7. The van der Waals surface area contributed by atoms with Crippen molar-refractivity contribution in [3.05, 3.63) is 73.1 Å². The van der Waals surface area contributed by atoms with Gasteiger partial charge in [-0.2, -0.15) is 0 Å². The van der Waals surface area contributed by atoms with Crippen LogP contribution in [-0.4, -0.2) is 17.7 Å². The van der Waals surface area contributed by atoms with Gasteiger partial charge in [0.05, 0.1) is 0 Å². The van der Waals surface area contributed by atoms with Gasteiger partial charge in [0.2, 0.25) is 0 Å². The number of para-hydroxylation sites is 1. The molecular weight excluding hydrogens is 296 g/mol. The zero-order chi connectivity index (χ0) is 16.2. The molecule has 1 N–H and O–H groups in total. The van der Waals surface area contributed by atoms with E-state index in [1.54, 1.807) is 0 Å². The van der Waals surface area contributed by atoms with E-state index in [4.69, 9.17) is 4.74 Å². The lowest BCUT2D eigenvalue weighted by Crippen LogP contribution is -2.31. The minimum Gasteiger partial charge on any atom is -0.457 e. The van der Waals surface area contributed by atoms with Crippen LogP contribution < -0.4 is 10.1 Å². The number of hydrogen-bond acceptors (Lipinski definition) is 2. The molecule has 1 aromatic heterocycles. The first kappa shape index (κ1) is 15.0. The molecule has 0 bridgehead atoms. The van der Waals surface area contributed by atoms with Crippen LogP contribution in [0.25, 0.3) is 11.1 Å². The third-order valence-corrected chi connectivity index (χ3v) is 4.57. The molecule has 1 aliphatic heterocycles. The number of nitrogens with one attached hydrogen (secondary N) is 1. The maximum atomic E-state index is 5.86. The van der Waals surface area contributed by atoms with Gasteiger partial charge in [-0.05, 0) is 60.8 Å². The van der Waals surface area contributed by atoms with Gasteiger partial charge in [-0.25, -0.2) is 0 Å². The summed E-state index contributed by atoms with van der Waals surface area (Å²) >= 11 is 0. The molecule has 1 unspecified atom stereocenters. The molecule has 1 fully saturated rings. The standard InChI is InChI=1S/C21H22N2O/c1-2-6-20(7-3-1)24-21-10-8-17(9-11-21)18-12-14-23(16-18)19-5-4-13-22-15-19/h1-3,6-12,14,16,19,22H,4-5,13,15H2. The summed E-state index contributed by atoms with van der Waals surface area (Å²) in [6.45, 7) is 2.21. The molecule has 4 rings (SSSR count). The van der Waals surface area contributed by atoms with Crippen molar-refractivity contribution in [3.63, 3.8) is 0 Å². The van der Waals surface area contributed by atoms with Crippen LogP contribution in [-0.2, 0) is 0 Å². The molecule has 24 heavy (non-hydrogen) atoms. The molecule has 0 aliphatic carbocycles. The van der Waals surface area contributed by atoms with Crippen molar-refractivity contribution in [1.29, 1.82) is 0 Å². The molecule has 122 valence electrons. The van der Waals surface area contributed by atoms with Gasteiger partial charge in [0.15, 0.2) is 0 Å². The molecule has 0 radical (unpaired) electrons. The third kappa shape index (κ3) is 3.36. The number of piperidine rings is 1. The summed E-state index contributed by atoms with van der Waals surface area (Å²) in [7, 11) is 0. The molecule has 1 saturated heterocycles. The molecule has 1 aliphatic rings. The van der Waals surface area contributed by atoms with E-state index in [0.717, 1.165) is 24.6 Å². The van der Waals surface area contributed by atoms with Crippen LogP contribution in [0.1, 0.15) is 18.9 Å². The van der Waals surface area contributed by atoms with Gasteiger partial charge in [0, 0.05) is 25.0 Å². The summed E-state index contributed by atoms with van der Waals surface area (Å²) in [4.78, 5) is 0. The molecule has 0 saturated carbocycles. The van der Waals surface area contributed by atoms with E-state index in [1.165, 1.54) is 24.0 Å². The molecule has 1 atom stereocenters. The van der Waals surface area contributed by atoms with Crippen LogP contribution in [0.5, 0.6) is 11.5 Å². The topological polar surface area (TPSA) is 26.2 Å². The Balaban J connectivity index is 1.47. The Morgan fingerprint density at radius 1 is 0.875 bits per heavy atom. The van der Waals surface area contributed by atoms with Gasteiger partial charge < -0.3 is 14.6 Å². The maximum Gasteiger partial charge on any atom is 0.127 e. The molecule has 0 amide bonds. The lowest BCUT2D eigenvalue weighted by molar-refractivity contribution is 0.372. The first-order chi connectivity index (χ1) is 11.9. The molecule has 3 nitrogen and oxygen atoms in total. The Labute approximate surface area is 142 Å². The number of rotatable bonds is 4. The number of ether oxygens (including phenoxy) is 1. The van der Waals surface area contributed by atoms with Crippen molar-refractivity contribution in [2.24, 2.45) is 0 Å². The number of aromatic nitrogens is 1. The fraction of sp³-hybridized carbons (Fsp3) is 0.238. The smallest absolute Gasteiger partial charge is 0.127 e. The zero-order valence-corrected chi connectivity index (χ0v) is 13.7. The van der Waals surface area contributed by atoms with Gasteiger partial charge in [-0.1, -0.05) is 30.3 Å². The lowest BCUT2D eigenvalue weighted by atomic mass is 10.1. The number of hydrogen-bond donors (Lipinski definition) is 1. The largest absolute Gasteiger partial charge is 0.457 e. The highest BCUT2D eigenvalue weighted by molar-refractivity contribution is 5.63. The normalized spacial score (nSPS) is 17.6. The Bertz CT molecular complexity index is 771. The predicted molar refractivity (Wildman–Crippen MR) is 97.5 cm³/mol. The average Bonchev–Trinajstić information content (AvgIpc) is 3.14. The summed E-state index contributed by atoms with van der Waals surface area (Å²) < 4.78 is 8.20. The van der Waals surface area contributed by atoms with E-state index in [1.807, 2.05) is 42.5 Å². The number of nitrogens with zero attached hydrogens (tertiary/aromatic N) is 1. The molecule has 0 spiro atoms. The van der Waals surface area contributed by atoms with E-state index >= 15 is 0 Å². The molecule has 3 heteroatoms. The summed E-state index contributed by atoms with van der Waals surface area (Å²) in [5.41, 5.74) is 2.48. The number of benzene rings is 2. The van der Waals surface area contributed by atoms with Crippen molar-refractivity contribution >= 4 is 0 Å². The second kappa shape index (κ2) is 6.93. The van der Waals surface area contributed by atoms with Crippen LogP contribution in [0.3, 0.4) is 0 Å². The van der Waals surface area contributed by atoms with Crippen molar-refractivity contribution in [1.82, 2.24) is 9.88 Å². The third-order valence-electron chi connectivity index (χ3n) is 4.57. The Hall–Kier alpha value is -2.52. The van der Waals surface area contributed by atoms with Crippen LogP contribution in [0.4, 0.5) is 0 Å². The predicted octanol–water partition coefficient (Wildman–Crippen LogP) is 4.87. The highest BCUT2D eigenvalue weighted by Crippen LogP contribution is 2.27. The Morgan fingerprint density at radius 3 is 2.42 bits per heavy atom. The monoisotopic (exact) mass is 318 g/mol. The van der Waals surface area contributed by atoms with Gasteiger partial charge in [-0.15, -0.1) is 0 Å². The van der Waals surface area contributed by atoms with Gasteiger partial charge in [0.25, 0.3) is 0 Å². The minimum absolute atomic E-state index is 0.577. The molecule has 3 aromatic rings. The fourth-order valence-electron chi connectivity index (χ4n) is 3.24. The maximum absolute atomic E-state index is 5.86. The second-order valence-electron chi connectivity index (χ2n) is 6.29. The van der Waals surface area contributed by atoms with Gasteiger partial charge in [-0.3, -0.25) is 0 Å². The van der Waals surface area contributed by atoms with Crippen molar-refractivity contribution < 1.29 is 4.74 Å². The quantitative estimate of drug-likeness (QED) is 0.742. The van der Waals surface area contributed by atoms with E-state index in [-0.39, 0.29) is 0 Å². The van der Waals surface area contributed by atoms with Crippen LogP contribution in [0, 0.1) is 0 Å². The van der Waals surface area contributed by atoms with Crippen molar-refractivity contribution in [3.8, 4) is 22.6 Å². The summed E-state index contributed by atoms with van der Waals surface area (Å²) in [6.07, 6.45) is 6.96. The van der Waals surface area contributed by atoms with Crippen LogP contribution in [0.15, 0.2) is 73.1 Å². The van der Waals surface area contributed by atoms with Gasteiger partial charge >= 0.3 is 0 Å². The first-order valence-electron chi connectivity index (χ1n) is 8.60. The first-order valence-corrected chi connectivity index (χ1v) is 8.60. The van der Waals surface area contributed by atoms with Crippen molar-refractivity contribution in [2.45, 2.75) is 18.9 Å². The summed E-state index contributed by atoms with van der Waals surface area (Å²) in [5, 5.41) is 3.48. The Kier molecular flexibility index (Phi) is 4.34. The van der Waals surface area contributed by atoms with E-state index in [0.29, 0.717) is 6.04 Å². The van der Waals surface area contributed by atoms with E-state index in [9.17, 15) is 0 Å².